The van der Waals surface area contributed by atoms with Crippen molar-refractivity contribution in [3.05, 3.63) is 23.9 Å². The first-order chi connectivity index (χ1) is 9.31. The molecule has 19 heavy (non-hydrogen) atoms. The third-order valence-electron chi connectivity index (χ3n) is 3.69. The summed E-state index contributed by atoms with van der Waals surface area (Å²) in [4.78, 5) is 6.89. The SMILES string of the molecule is CCCNc1ccc(CN2CCC(CCO)C2)cn1. The first-order valence-corrected chi connectivity index (χ1v) is 7.34. The fourth-order valence-corrected chi connectivity index (χ4v) is 2.61. The van der Waals surface area contributed by atoms with Crippen LogP contribution in [-0.4, -0.2) is 41.2 Å². The van der Waals surface area contributed by atoms with E-state index in [1.54, 1.807) is 0 Å². The van der Waals surface area contributed by atoms with Gasteiger partial charge in [-0.3, -0.25) is 4.90 Å². The van der Waals surface area contributed by atoms with Crippen LogP contribution < -0.4 is 5.32 Å². The van der Waals surface area contributed by atoms with Crippen molar-refractivity contribution >= 4 is 5.82 Å². The van der Waals surface area contributed by atoms with E-state index in [0.29, 0.717) is 12.5 Å². The Labute approximate surface area is 115 Å². The summed E-state index contributed by atoms with van der Waals surface area (Å²) in [5.74, 6) is 1.63. The number of aromatic nitrogens is 1. The highest BCUT2D eigenvalue weighted by Crippen LogP contribution is 2.21. The van der Waals surface area contributed by atoms with Gasteiger partial charge in [0.05, 0.1) is 0 Å². The zero-order valence-electron chi connectivity index (χ0n) is 11.8. The van der Waals surface area contributed by atoms with Gasteiger partial charge in [-0.05, 0) is 43.4 Å². The molecule has 1 saturated heterocycles. The minimum absolute atomic E-state index is 0.317. The van der Waals surface area contributed by atoms with Crippen molar-refractivity contribution in [3.63, 3.8) is 0 Å². The molecule has 1 unspecified atom stereocenters. The van der Waals surface area contributed by atoms with Crippen LogP contribution in [0.4, 0.5) is 5.82 Å². The summed E-state index contributed by atoms with van der Waals surface area (Å²) in [5, 5.41) is 12.3. The molecule has 2 rings (SSSR count). The van der Waals surface area contributed by atoms with Crippen molar-refractivity contribution in [2.45, 2.75) is 32.7 Å². The van der Waals surface area contributed by atoms with E-state index in [0.717, 1.165) is 44.8 Å². The lowest BCUT2D eigenvalue weighted by Crippen LogP contribution is -2.20. The van der Waals surface area contributed by atoms with Crippen LogP contribution in [0.25, 0.3) is 0 Å². The number of likely N-dealkylation sites (tertiary alicyclic amines) is 1. The van der Waals surface area contributed by atoms with Gasteiger partial charge in [0.1, 0.15) is 5.82 Å². The van der Waals surface area contributed by atoms with Crippen molar-refractivity contribution in [1.82, 2.24) is 9.88 Å². The zero-order chi connectivity index (χ0) is 13.5. The second kappa shape index (κ2) is 7.46. The predicted molar refractivity (Wildman–Crippen MR) is 78.1 cm³/mol. The summed E-state index contributed by atoms with van der Waals surface area (Å²) in [6, 6.07) is 4.22. The van der Waals surface area contributed by atoms with Crippen LogP contribution in [0.2, 0.25) is 0 Å². The van der Waals surface area contributed by atoms with E-state index in [1.165, 1.54) is 12.0 Å². The van der Waals surface area contributed by atoms with Crippen LogP contribution in [0.15, 0.2) is 18.3 Å². The van der Waals surface area contributed by atoms with Gasteiger partial charge in [-0.15, -0.1) is 0 Å². The minimum atomic E-state index is 0.317. The number of anilines is 1. The monoisotopic (exact) mass is 263 g/mol. The summed E-state index contributed by atoms with van der Waals surface area (Å²) in [6.45, 7) is 6.66. The Kier molecular flexibility index (Phi) is 5.61. The van der Waals surface area contributed by atoms with E-state index < -0.39 is 0 Å². The van der Waals surface area contributed by atoms with Gasteiger partial charge in [-0.1, -0.05) is 13.0 Å². The number of nitrogens with one attached hydrogen (secondary N) is 1. The summed E-state index contributed by atoms with van der Waals surface area (Å²) in [6.07, 6.45) is 5.24. The largest absolute Gasteiger partial charge is 0.396 e. The molecule has 0 bridgehead atoms. The van der Waals surface area contributed by atoms with Crippen molar-refractivity contribution < 1.29 is 5.11 Å². The number of pyridine rings is 1. The molecule has 1 aromatic rings. The van der Waals surface area contributed by atoms with E-state index in [9.17, 15) is 0 Å². The number of aliphatic hydroxyl groups excluding tert-OH is 1. The smallest absolute Gasteiger partial charge is 0.125 e. The van der Waals surface area contributed by atoms with Crippen molar-refractivity contribution in [3.8, 4) is 0 Å². The van der Waals surface area contributed by atoms with Gasteiger partial charge in [0.15, 0.2) is 0 Å². The van der Waals surface area contributed by atoms with Crippen LogP contribution in [-0.2, 0) is 6.54 Å². The molecule has 4 nitrogen and oxygen atoms in total. The molecule has 106 valence electrons. The highest BCUT2D eigenvalue weighted by molar-refractivity contribution is 5.35. The highest BCUT2D eigenvalue weighted by Gasteiger charge is 2.21. The van der Waals surface area contributed by atoms with Crippen LogP contribution >= 0.6 is 0 Å². The molecule has 0 aliphatic carbocycles. The second-order valence-electron chi connectivity index (χ2n) is 5.38. The van der Waals surface area contributed by atoms with Gasteiger partial charge in [0.25, 0.3) is 0 Å². The minimum Gasteiger partial charge on any atom is -0.396 e. The van der Waals surface area contributed by atoms with E-state index >= 15 is 0 Å². The third kappa shape index (κ3) is 4.48. The molecule has 2 N–H and O–H groups in total. The predicted octanol–water partition coefficient (Wildman–Crippen LogP) is 2.11. The topological polar surface area (TPSA) is 48.4 Å². The van der Waals surface area contributed by atoms with Gasteiger partial charge in [0.2, 0.25) is 0 Å². The molecule has 0 amide bonds. The fourth-order valence-electron chi connectivity index (χ4n) is 2.61. The molecule has 4 heteroatoms. The maximum atomic E-state index is 8.97. The van der Waals surface area contributed by atoms with Crippen molar-refractivity contribution in [1.29, 1.82) is 0 Å². The molecule has 1 aliphatic rings. The lowest BCUT2D eigenvalue weighted by Gasteiger charge is -2.16. The van der Waals surface area contributed by atoms with E-state index in [1.807, 2.05) is 6.20 Å². The Hall–Kier alpha value is -1.13. The molecule has 1 fully saturated rings. The average Bonchev–Trinajstić information content (AvgIpc) is 2.86. The summed E-state index contributed by atoms with van der Waals surface area (Å²) in [5.41, 5.74) is 1.27. The van der Waals surface area contributed by atoms with E-state index in [-0.39, 0.29) is 0 Å². The Balaban J connectivity index is 1.80. The summed E-state index contributed by atoms with van der Waals surface area (Å²) in [7, 11) is 0. The molecule has 0 aromatic carbocycles. The van der Waals surface area contributed by atoms with Crippen LogP contribution in [0.3, 0.4) is 0 Å². The number of rotatable bonds is 7. The quantitative estimate of drug-likeness (QED) is 0.791. The fraction of sp³-hybridized carbons (Fsp3) is 0.667. The lowest BCUT2D eigenvalue weighted by molar-refractivity contribution is 0.249. The van der Waals surface area contributed by atoms with Crippen LogP contribution in [0, 0.1) is 5.92 Å². The first-order valence-electron chi connectivity index (χ1n) is 7.34. The average molecular weight is 263 g/mol. The molecule has 1 aliphatic heterocycles. The maximum Gasteiger partial charge on any atom is 0.125 e. The molecule has 1 atom stereocenters. The maximum absolute atomic E-state index is 8.97. The zero-order valence-corrected chi connectivity index (χ0v) is 11.8. The van der Waals surface area contributed by atoms with Gasteiger partial charge in [0, 0.05) is 32.4 Å². The lowest BCUT2D eigenvalue weighted by atomic mass is 10.1. The Morgan fingerprint density at radius 1 is 1.47 bits per heavy atom. The Morgan fingerprint density at radius 2 is 2.37 bits per heavy atom. The molecular formula is C15H25N3O. The first kappa shape index (κ1) is 14.3. The van der Waals surface area contributed by atoms with Gasteiger partial charge in [-0.2, -0.15) is 0 Å². The standard InChI is InChI=1S/C15H25N3O/c1-2-7-16-15-4-3-14(10-17-15)12-18-8-5-13(11-18)6-9-19/h3-4,10,13,19H,2,5-9,11-12H2,1H3,(H,16,17). The normalized spacial score (nSPS) is 19.8. The molecule has 0 saturated carbocycles. The molecular weight excluding hydrogens is 238 g/mol. The molecule has 2 heterocycles. The van der Waals surface area contributed by atoms with Crippen molar-refractivity contribution in [2.24, 2.45) is 5.92 Å². The Bertz CT molecular complexity index is 366. The number of nitrogens with zero attached hydrogens (tertiary/aromatic N) is 2. The Morgan fingerprint density at radius 3 is 3.05 bits per heavy atom. The highest BCUT2D eigenvalue weighted by atomic mass is 16.3. The summed E-state index contributed by atoms with van der Waals surface area (Å²) >= 11 is 0. The molecule has 0 spiro atoms. The number of hydrogen-bond donors (Lipinski definition) is 2. The molecule has 0 radical (unpaired) electrons. The van der Waals surface area contributed by atoms with Gasteiger partial charge >= 0.3 is 0 Å². The summed E-state index contributed by atoms with van der Waals surface area (Å²) < 4.78 is 0. The van der Waals surface area contributed by atoms with E-state index in [2.05, 4.69) is 34.3 Å². The van der Waals surface area contributed by atoms with Gasteiger partial charge in [-0.25, -0.2) is 4.98 Å². The van der Waals surface area contributed by atoms with Crippen LogP contribution in [0.5, 0.6) is 0 Å². The van der Waals surface area contributed by atoms with Gasteiger partial charge < -0.3 is 10.4 Å². The van der Waals surface area contributed by atoms with Crippen molar-refractivity contribution in [2.75, 3.05) is 31.6 Å². The van der Waals surface area contributed by atoms with Crippen LogP contribution in [0.1, 0.15) is 31.7 Å². The molecule has 1 aromatic heterocycles. The third-order valence-corrected chi connectivity index (χ3v) is 3.69. The van der Waals surface area contributed by atoms with E-state index in [4.69, 9.17) is 5.11 Å². The number of hydrogen-bond acceptors (Lipinski definition) is 4. The number of aliphatic hydroxyl groups is 1. The second-order valence-corrected chi connectivity index (χ2v) is 5.38.